The lowest BCUT2D eigenvalue weighted by molar-refractivity contribution is -0.151. The van der Waals surface area contributed by atoms with E-state index < -0.39 is 0 Å². The predicted molar refractivity (Wildman–Crippen MR) is 421 cm³/mol. The Balaban J connectivity index is 0.000000650. The molecule has 0 aromatic rings. The summed E-state index contributed by atoms with van der Waals surface area (Å²) in [5.74, 6) is -0.382. The van der Waals surface area contributed by atoms with E-state index in [1.54, 1.807) is 24.5 Å². The Bertz CT molecular complexity index is 3030. The number of amides is 7. The van der Waals surface area contributed by atoms with Gasteiger partial charge in [0.1, 0.15) is 0 Å². The minimum atomic E-state index is -0.286. The molecule has 7 fully saturated rings. The Morgan fingerprint density at radius 2 is 0.514 bits per heavy atom. The first-order valence-electron chi connectivity index (χ1n) is 38.2. The SMILES string of the molecule is C=CC(=O)N1C(C)(C)CC(CC(=O)OC)CC1(C)C.C=CC(=O)N1C(C)(C)CC(CC(=O)OC)CC1(C)C.C=CC(=O)N1CCC(CC(=O)OC)C1.C=CC(=O)N1CCC(CC(=O)OC)CC1.C=CC(=O)N1CCC(CC(=O)OC)CC1.C=CC(=O)N1CCCC1CC(=O)OC.C=CC(=O)N1CCCCC1CC(=O)OC. The van der Waals surface area contributed by atoms with Gasteiger partial charge >= 0.3 is 41.8 Å². The molecule has 0 aliphatic carbocycles. The molecule has 7 heterocycles. The lowest BCUT2D eigenvalue weighted by Crippen LogP contribution is -2.62. The third kappa shape index (κ3) is 34.5. The second-order valence-corrected chi connectivity index (χ2v) is 31.0. The molecule has 3 atom stereocenters. The third-order valence-corrected chi connectivity index (χ3v) is 20.9. The molecule has 7 saturated heterocycles. The lowest BCUT2D eigenvalue weighted by Gasteiger charge is -2.55. The van der Waals surface area contributed by atoms with Gasteiger partial charge in [-0.15, -0.1) is 0 Å². The van der Waals surface area contributed by atoms with Gasteiger partial charge in [-0.2, -0.15) is 0 Å². The fraction of sp³-hybridized carbons (Fsp3) is 0.663. The number of hydrogen-bond acceptors (Lipinski definition) is 21. The number of rotatable bonds is 21. The average molecular weight is 1560 g/mol. The Morgan fingerprint density at radius 1 is 0.279 bits per heavy atom. The van der Waals surface area contributed by atoms with Crippen LogP contribution < -0.4 is 0 Å². The number of methoxy groups -OCH3 is 7. The zero-order chi connectivity index (χ0) is 84.6. The molecule has 0 N–H and O–H groups in total. The molecule has 0 saturated carbocycles. The molecular weight excluding hydrogens is 1430 g/mol. The lowest BCUT2D eigenvalue weighted by atomic mass is 9.72. The topological polar surface area (TPSA) is 326 Å². The summed E-state index contributed by atoms with van der Waals surface area (Å²) in [5, 5.41) is 0. The van der Waals surface area contributed by atoms with Crippen LogP contribution in [0.4, 0.5) is 0 Å². The summed E-state index contributed by atoms with van der Waals surface area (Å²) < 4.78 is 32.5. The van der Waals surface area contributed by atoms with Crippen LogP contribution >= 0.6 is 0 Å². The van der Waals surface area contributed by atoms with Crippen LogP contribution in [-0.2, 0) is 100 Å². The predicted octanol–water partition coefficient (Wildman–Crippen LogP) is 9.44. The van der Waals surface area contributed by atoms with E-state index in [1.807, 2.05) is 65.2 Å². The molecule has 28 nitrogen and oxygen atoms in total. The summed E-state index contributed by atoms with van der Waals surface area (Å²) in [6.07, 6.45) is 24.3. The highest BCUT2D eigenvalue weighted by Gasteiger charge is 2.49. The maximum Gasteiger partial charge on any atom is 0.307 e. The first-order valence-corrected chi connectivity index (χ1v) is 38.2. The Kier molecular flexibility index (Phi) is 44.9. The standard InChI is InChI=1S/2C15H25NO3.3C11H17NO3.2C10H15NO3/c2*1-7-12(17)16-14(2,3)9-11(8-13(18)19-6)10-15(16,4)5;2*1-3-10(13)12-6-4-9(5-7-12)8-11(14)15-2;1-3-10(13)12-7-5-4-6-9(12)8-11(14)15-2;1-3-9(12)11-5-4-8(7-11)6-10(13)14-2;1-3-9(12)11-6-4-5-8(11)7-10(13)14-2/h2*7,11H,1,8-10H2,2-6H3;3*3,9H,1,4-8H2,2H3;2*3,8H,1,4-7H2,2H3. The number of ether oxygens (including phenoxy) is 7. The molecule has 111 heavy (non-hydrogen) atoms. The fourth-order valence-corrected chi connectivity index (χ4v) is 16.2. The van der Waals surface area contributed by atoms with Crippen molar-refractivity contribution >= 4 is 83.1 Å². The van der Waals surface area contributed by atoms with Crippen LogP contribution in [0.5, 0.6) is 0 Å². The summed E-state index contributed by atoms with van der Waals surface area (Å²) >= 11 is 0. The van der Waals surface area contributed by atoms with Gasteiger partial charge in [-0.25, -0.2) is 0 Å². The van der Waals surface area contributed by atoms with Crippen molar-refractivity contribution in [2.24, 2.45) is 29.6 Å². The first-order chi connectivity index (χ1) is 52.1. The van der Waals surface area contributed by atoms with Crippen molar-refractivity contribution in [3.63, 3.8) is 0 Å². The van der Waals surface area contributed by atoms with Crippen molar-refractivity contribution in [3.8, 4) is 0 Å². The summed E-state index contributed by atoms with van der Waals surface area (Å²) in [4.78, 5) is 171. The second-order valence-electron chi connectivity index (χ2n) is 31.0. The van der Waals surface area contributed by atoms with Crippen LogP contribution in [0.15, 0.2) is 88.6 Å². The highest BCUT2D eigenvalue weighted by atomic mass is 16.5. The van der Waals surface area contributed by atoms with Gasteiger partial charge in [-0.05, 0) is 217 Å². The molecule has 3 unspecified atom stereocenters. The van der Waals surface area contributed by atoms with Gasteiger partial charge in [-0.3, -0.25) is 67.1 Å². The van der Waals surface area contributed by atoms with Gasteiger partial charge in [0.15, 0.2) is 0 Å². The third-order valence-electron chi connectivity index (χ3n) is 20.9. The number of esters is 7. The highest BCUT2D eigenvalue weighted by Crippen LogP contribution is 2.44. The van der Waals surface area contributed by atoms with E-state index in [1.165, 1.54) is 92.3 Å². The average Bonchev–Trinajstić information content (AvgIpc) is 1.76. The molecule has 7 aliphatic rings. The number of carbonyl (C=O) groups excluding carboxylic acids is 14. The number of hydrogen-bond donors (Lipinski definition) is 0. The minimum Gasteiger partial charge on any atom is -0.469 e. The number of piperidine rings is 5. The van der Waals surface area contributed by atoms with Crippen molar-refractivity contribution in [3.05, 3.63) is 88.6 Å². The summed E-state index contributed by atoms with van der Waals surface area (Å²) in [6, 6.07) is -0.0235. The van der Waals surface area contributed by atoms with E-state index in [2.05, 4.69) is 69.7 Å². The second kappa shape index (κ2) is 49.9. The molecule has 7 rings (SSSR count). The molecule has 624 valence electrons. The maximum absolute atomic E-state index is 12.1. The van der Waals surface area contributed by atoms with E-state index in [0.29, 0.717) is 96.3 Å². The molecule has 0 aromatic heterocycles. The number of carbonyl (C=O) groups is 14. The van der Waals surface area contributed by atoms with E-state index in [0.717, 1.165) is 89.9 Å². The van der Waals surface area contributed by atoms with Crippen LogP contribution in [0.25, 0.3) is 0 Å². The van der Waals surface area contributed by atoms with Crippen LogP contribution in [-0.4, -0.2) is 254 Å². The normalized spacial score (nSPS) is 20.2. The van der Waals surface area contributed by atoms with Crippen LogP contribution in [0.2, 0.25) is 0 Å². The smallest absolute Gasteiger partial charge is 0.307 e. The maximum atomic E-state index is 12.1. The van der Waals surface area contributed by atoms with Crippen molar-refractivity contribution in [2.75, 3.05) is 102 Å². The first kappa shape index (κ1) is 99.8. The molecule has 0 aromatic carbocycles. The van der Waals surface area contributed by atoms with Gasteiger partial charge in [-0.1, -0.05) is 46.1 Å². The quantitative estimate of drug-likeness (QED) is 0.0586. The summed E-state index contributed by atoms with van der Waals surface area (Å²) in [6.45, 7) is 46.4. The van der Waals surface area contributed by atoms with Crippen molar-refractivity contribution in [1.82, 2.24) is 34.3 Å². The number of nitrogens with zero attached hydrogens (tertiary/aromatic N) is 7. The van der Waals surface area contributed by atoms with Gasteiger partial charge in [0.05, 0.1) is 69.0 Å². The van der Waals surface area contributed by atoms with Crippen molar-refractivity contribution in [1.29, 1.82) is 0 Å². The molecule has 7 aliphatic heterocycles. The van der Waals surface area contributed by atoms with Gasteiger partial charge in [0.25, 0.3) is 0 Å². The molecule has 0 radical (unpaired) electrons. The Labute approximate surface area is 659 Å². The van der Waals surface area contributed by atoms with E-state index in [4.69, 9.17) is 9.47 Å². The molecule has 0 bridgehead atoms. The monoisotopic (exact) mass is 1560 g/mol. The fourth-order valence-electron chi connectivity index (χ4n) is 16.2. The zero-order valence-electron chi connectivity index (χ0n) is 69.2. The minimum absolute atomic E-state index is 0.00653. The van der Waals surface area contributed by atoms with Gasteiger partial charge in [0, 0.05) is 112 Å². The van der Waals surface area contributed by atoms with Crippen LogP contribution in [0.3, 0.4) is 0 Å². The molecule has 0 spiro atoms. The zero-order valence-corrected chi connectivity index (χ0v) is 69.2. The Morgan fingerprint density at radius 3 is 0.802 bits per heavy atom. The van der Waals surface area contributed by atoms with E-state index in [9.17, 15) is 67.1 Å². The molecular formula is C83H131N7O21. The molecule has 28 heteroatoms. The summed E-state index contributed by atoms with van der Waals surface area (Å²) in [5.41, 5.74) is -1.14. The number of likely N-dealkylation sites (tertiary alicyclic amines) is 7. The molecule has 7 amide bonds. The van der Waals surface area contributed by atoms with E-state index >= 15 is 0 Å². The largest absolute Gasteiger partial charge is 0.469 e. The highest BCUT2D eigenvalue weighted by molar-refractivity contribution is 5.91. The Hall–Kier alpha value is -9.24. The van der Waals surface area contributed by atoms with Crippen LogP contribution in [0.1, 0.15) is 190 Å². The van der Waals surface area contributed by atoms with Gasteiger partial charge < -0.3 is 67.5 Å². The van der Waals surface area contributed by atoms with Gasteiger partial charge in [0.2, 0.25) is 41.4 Å². The van der Waals surface area contributed by atoms with Crippen molar-refractivity contribution < 1.29 is 100 Å². The van der Waals surface area contributed by atoms with Crippen molar-refractivity contribution in [2.45, 2.75) is 224 Å². The summed E-state index contributed by atoms with van der Waals surface area (Å²) in [7, 11) is 9.73. The van der Waals surface area contributed by atoms with E-state index in [-0.39, 0.29) is 148 Å². The van der Waals surface area contributed by atoms with Crippen LogP contribution in [0, 0.1) is 29.6 Å².